The zero-order valence-corrected chi connectivity index (χ0v) is 10.4. The van der Waals surface area contributed by atoms with Crippen LogP contribution in [0.5, 0.6) is 0 Å². The van der Waals surface area contributed by atoms with Crippen molar-refractivity contribution in [3.05, 3.63) is 18.9 Å². The molecule has 0 saturated carbocycles. The normalized spacial score (nSPS) is 11.2. The second-order valence-electron chi connectivity index (χ2n) is 4.64. The topological polar surface area (TPSA) is 55.6 Å². The minimum absolute atomic E-state index is 0.789. The van der Waals surface area contributed by atoms with Crippen LogP contribution < -0.4 is 5.43 Å². The molecule has 5 heteroatoms. The fourth-order valence-electron chi connectivity index (χ4n) is 1.76. The predicted molar refractivity (Wildman–Crippen MR) is 68.2 cm³/mol. The molecule has 0 aliphatic carbocycles. The van der Waals surface area contributed by atoms with Crippen molar-refractivity contribution in [2.75, 3.05) is 12.0 Å². The van der Waals surface area contributed by atoms with Gasteiger partial charge in [-0.05, 0) is 12.3 Å². The molecular weight excluding hydrogens is 214 g/mol. The maximum Gasteiger partial charge on any atom is 0.181 e. The number of aromatic nitrogens is 4. The minimum atomic E-state index is 0.789. The number of hydrogen-bond acceptors (Lipinski definition) is 4. The van der Waals surface area contributed by atoms with E-state index in [-0.39, 0.29) is 0 Å². The largest absolute Gasteiger partial charge is 0.323 e. The summed E-state index contributed by atoms with van der Waals surface area (Å²) in [5.41, 5.74) is 4.96. The fourth-order valence-corrected chi connectivity index (χ4v) is 1.76. The molecule has 0 unspecified atom stereocenters. The third-order valence-corrected chi connectivity index (χ3v) is 2.70. The molecule has 5 nitrogen and oxygen atoms in total. The molecular formula is C12H19N5. The van der Waals surface area contributed by atoms with E-state index in [1.54, 1.807) is 18.9 Å². The van der Waals surface area contributed by atoms with E-state index in [0.29, 0.717) is 0 Å². The van der Waals surface area contributed by atoms with Crippen molar-refractivity contribution >= 4 is 11.2 Å². The van der Waals surface area contributed by atoms with Crippen LogP contribution in [0.1, 0.15) is 33.1 Å². The van der Waals surface area contributed by atoms with Crippen LogP contribution in [0.2, 0.25) is 0 Å². The van der Waals surface area contributed by atoms with Crippen molar-refractivity contribution in [3.63, 3.8) is 0 Å². The number of unbranched alkanes of at least 4 members (excludes halogenated alkanes) is 1. The Morgan fingerprint density at radius 3 is 3.00 bits per heavy atom. The summed E-state index contributed by atoms with van der Waals surface area (Å²) < 4.78 is 1.87. The van der Waals surface area contributed by atoms with Gasteiger partial charge in [0.05, 0.1) is 6.20 Å². The number of hydrogen-bond donors (Lipinski definition) is 1. The van der Waals surface area contributed by atoms with E-state index in [2.05, 4.69) is 34.2 Å². The lowest BCUT2D eigenvalue weighted by atomic mass is 10.1. The Balaban J connectivity index is 1.83. The summed E-state index contributed by atoms with van der Waals surface area (Å²) in [6.07, 6.45) is 8.73. The molecule has 0 amide bonds. The first-order chi connectivity index (χ1) is 8.27. The van der Waals surface area contributed by atoms with Crippen LogP contribution in [0, 0.1) is 5.92 Å². The van der Waals surface area contributed by atoms with Gasteiger partial charge in [0.15, 0.2) is 5.65 Å². The van der Waals surface area contributed by atoms with Crippen LogP contribution in [0.15, 0.2) is 18.9 Å². The van der Waals surface area contributed by atoms with Crippen LogP contribution in [-0.4, -0.2) is 26.2 Å². The standard InChI is InChI=1S/C12H19N5/c1-10(2)5-3-4-6-16-17-9-15-11-7-13-8-14-12(11)17/h7-10,16H,3-6H2,1-2H3. The Morgan fingerprint density at radius 2 is 2.18 bits per heavy atom. The smallest absolute Gasteiger partial charge is 0.181 e. The Hall–Kier alpha value is -1.65. The highest BCUT2D eigenvalue weighted by Gasteiger charge is 2.02. The summed E-state index contributed by atoms with van der Waals surface area (Å²) in [6.45, 7) is 5.46. The van der Waals surface area contributed by atoms with Crippen LogP contribution in [0.25, 0.3) is 11.2 Å². The fraction of sp³-hybridized carbons (Fsp3) is 0.583. The monoisotopic (exact) mass is 233 g/mol. The number of nitrogens with one attached hydrogen (secondary N) is 1. The van der Waals surface area contributed by atoms with Gasteiger partial charge in [0, 0.05) is 6.54 Å². The van der Waals surface area contributed by atoms with E-state index in [1.807, 2.05) is 4.68 Å². The van der Waals surface area contributed by atoms with E-state index < -0.39 is 0 Å². The van der Waals surface area contributed by atoms with Crippen molar-refractivity contribution in [3.8, 4) is 0 Å². The molecule has 0 spiro atoms. The minimum Gasteiger partial charge on any atom is -0.323 e. The van der Waals surface area contributed by atoms with Gasteiger partial charge in [-0.25, -0.2) is 19.6 Å². The summed E-state index contributed by atoms with van der Waals surface area (Å²) >= 11 is 0. The van der Waals surface area contributed by atoms with E-state index >= 15 is 0 Å². The van der Waals surface area contributed by atoms with E-state index in [1.165, 1.54) is 19.3 Å². The van der Waals surface area contributed by atoms with E-state index in [0.717, 1.165) is 23.6 Å². The second-order valence-corrected chi connectivity index (χ2v) is 4.64. The molecule has 1 N–H and O–H groups in total. The first-order valence-corrected chi connectivity index (χ1v) is 6.14. The van der Waals surface area contributed by atoms with Crippen molar-refractivity contribution in [1.29, 1.82) is 0 Å². The zero-order valence-electron chi connectivity index (χ0n) is 10.4. The lowest BCUT2D eigenvalue weighted by Crippen LogP contribution is -2.15. The average Bonchev–Trinajstić information content (AvgIpc) is 2.72. The highest BCUT2D eigenvalue weighted by Crippen LogP contribution is 2.07. The number of fused-ring (bicyclic) bond motifs is 1. The molecule has 0 fully saturated rings. The highest BCUT2D eigenvalue weighted by atomic mass is 15.4. The molecule has 0 saturated heterocycles. The van der Waals surface area contributed by atoms with Crippen molar-refractivity contribution in [1.82, 2.24) is 19.6 Å². The average molecular weight is 233 g/mol. The first kappa shape index (κ1) is 11.8. The molecule has 0 bridgehead atoms. The van der Waals surface area contributed by atoms with Gasteiger partial charge in [0.25, 0.3) is 0 Å². The third kappa shape index (κ3) is 3.15. The van der Waals surface area contributed by atoms with Crippen LogP contribution in [-0.2, 0) is 0 Å². The Bertz CT molecular complexity index is 463. The predicted octanol–water partition coefficient (Wildman–Crippen LogP) is 2.20. The number of nitrogens with zero attached hydrogens (tertiary/aromatic N) is 4. The maximum atomic E-state index is 4.22. The Kier molecular flexibility index (Phi) is 3.90. The zero-order chi connectivity index (χ0) is 12.1. The molecule has 2 aromatic rings. The van der Waals surface area contributed by atoms with Gasteiger partial charge >= 0.3 is 0 Å². The molecule has 0 aliphatic heterocycles. The van der Waals surface area contributed by atoms with E-state index in [4.69, 9.17) is 0 Å². The molecule has 0 aliphatic rings. The van der Waals surface area contributed by atoms with Gasteiger partial charge in [0.2, 0.25) is 0 Å². The van der Waals surface area contributed by atoms with Gasteiger partial charge in [-0.15, -0.1) is 0 Å². The molecule has 0 aromatic carbocycles. The third-order valence-electron chi connectivity index (χ3n) is 2.70. The molecule has 0 radical (unpaired) electrons. The lowest BCUT2D eigenvalue weighted by molar-refractivity contribution is 0.540. The molecule has 2 heterocycles. The van der Waals surface area contributed by atoms with Crippen LogP contribution in [0.4, 0.5) is 0 Å². The van der Waals surface area contributed by atoms with E-state index in [9.17, 15) is 0 Å². The van der Waals surface area contributed by atoms with Crippen molar-refractivity contribution in [2.45, 2.75) is 33.1 Å². The quantitative estimate of drug-likeness (QED) is 0.777. The van der Waals surface area contributed by atoms with Crippen LogP contribution >= 0.6 is 0 Å². The highest BCUT2D eigenvalue weighted by molar-refractivity contribution is 5.69. The SMILES string of the molecule is CC(C)CCCCNn1cnc2cncnc21. The van der Waals surface area contributed by atoms with Gasteiger partial charge < -0.3 is 5.43 Å². The van der Waals surface area contributed by atoms with Crippen LogP contribution in [0.3, 0.4) is 0 Å². The molecule has 92 valence electrons. The number of imidazole rings is 1. The molecule has 2 rings (SSSR count). The van der Waals surface area contributed by atoms with Crippen molar-refractivity contribution < 1.29 is 0 Å². The number of rotatable bonds is 6. The summed E-state index contributed by atoms with van der Waals surface area (Å²) in [5, 5.41) is 0. The molecule has 0 atom stereocenters. The summed E-state index contributed by atoms with van der Waals surface area (Å²) in [4.78, 5) is 12.4. The van der Waals surface area contributed by atoms with Gasteiger partial charge in [-0.2, -0.15) is 0 Å². The molecule has 2 aromatic heterocycles. The first-order valence-electron chi connectivity index (χ1n) is 6.14. The van der Waals surface area contributed by atoms with Gasteiger partial charge in [-0.1, -0.05) is 26.7 Å². The summed E-state index contributed by atoms with van der Waals surface area (Å²) in [6, 6.07) is 0. The summed E-state index contributed by atoms with van der Waals surface area (Å²) in [5.74, 6) is 0.789. The summed E-state index contributed by atoms with van der Waals surface area (Å²) in [7, 11) is 0. The van der Waals surface area contributed by atoms with Gasteiger partial charge in [-0.3, -0.25) is 0 Å². The lowest BCUT2D eigenvalue weighted by Gasteiger charge is -2.08. The van der Waals surface area contributed by atoms with Crippen molar-refractivity contribution in [2.24, 2.45) is 5.92 Å². The second kappa shape index (κ2) is 5.61. The van der Waals surface area contributed by atoms with Gasteiger partial charge in [0.1, 0.15) is 18.2 Å². The Morgan fingerprint density at radius 1 is 1.29 bits per heavy atom. The maximum absolute atomic E-state index is 4.22. The Labute approximate surface area is 101 Å². The molecule has 17 heavy (non-hydrogen) atoms.